The standard InChI is InChI=1S/C14H14N2O3S/c1-10-7-8-15-9-14(10)16-20(18,19)13-5-3-12(4-6-13)11(2)17/h3-9,16H,1-2H3. The van der Waals surface area contributed by atoms with Crippen LogP contribution in [0.15, 0.2) is 47.6 Å². The number of sulfonamides is 1. The smallest absolute Gasteiger partial charge is 0.261 e. The Bertz CT molecular complexity index is 737. The molecule has 0 aliphatic rings. The van der Waals surface area contributed by atoms with Crippen LogP contribution < -0.4 is 4.72 Å². The molecule has 1 aromatic carbocycles. The summed E-state index contributed by atoms with van der Waals surface area (Å²) in [6.45, 7) is 3.22. The van der Waals surface area contributed by atoms with E-state index < -0.39 is 10.0 Å². The number of aromatic nitrogens is 1. The summed E-state index contributed by atoms with van der Waals surface area (Å²) < 4.78 is 26.9. The van der Waals surface area contributed by atoms with E-state index in [0.717, 1.165) is 5.56 Å². The second kappa shape index (κ2) is 5.42. The number of ketones is 1. The van der Waals surface area contributed by atoms with Gasteiger partial charge in [-0.1, -0.05) is 12.1 Å². The van der Waals surface area contributed by atoms with E-state index in [2.05, 4.69) is 9.71 Å². The number of rotatable bonds is 4. The van der Waals surface area contributed by atoms with Gasteiger partial charge in [-0.15, -0.1) is 0 Å². The highest BCUT2D eigenvalue weighted by atomic mass is 32.2. The van der Waals surface area contributed by atoms with E-state index in [9.17, 15) is 13.2 Å². The van der Waals surface area contributed by atoms with Gasteiger partial charge in [-0.3, -0.25) is 14.5 Å². The highest BCUT2D eigenvalue weighted by molar-refractivity contribution is 7.92. The Morgan fingerprint density at radius 3 is 2.35 bits per heavy atom. The maximum Gasteiger partial charge on any atom is 0.261 e. The molecule has 2 rings (SSSR count). The average molecular weight is 290 g/mol. The predicted molar refractivity (Wildman–Crippen MR) is 76.2 cm³/mol. The fraction of sp³-hybridized carbons (Fsp3) is 0.143. The van der Waals surface area contributed by atoms with Gasteiger partial charge in [0.25, 0.3) is 10.0 Å². The Morgan fingerprint density at radius 2 is 1.80 bits per heavy atom. The van der Waals surface area contributed by atoms with E-state index in [-0.39, 0.29) is 10.7 Å². The zero-order valence-electron chi connectivity index (χ0n) is 11.1. The van der Waals surface area contributed by atoms with Gasteiger partial charge in [0.2, 0.25) is 0 Å². The average Bonchev–Trinajstić information content (AvgIpc) is 2.41. The lowest BCUT2D eigenvalue weighted by Gasteiger charge is -2.10. The van der Waals surface area contributed by atoms with E-state index in [1.807, 2.05) is 0 Å². The van der Waals surface area contributed by atoms with Gasteiger partial charge in [-0.05, 0) is 37.6 Å². The second-order valence-corrected chi connectivity index (χ2v) is 6.06. The quantitative estimate of drug-likeness (QED) is 0.877. The molecule has 0 unspecified atom stereocenters. The largest absolute Gasteiger partial charge is 0.295 e. The highest BCUT2D eigenvalue weighted by Crippen LogP contribution is 2.18. The fourth-order valence-corrected chi connectivity index (χ4v) is 2.76. The van der Waals surface area contributed by atoms with Gasteiger partial charge in [0.15, 0.2) is 5.78 Å². The number of carbonyl (C=O) groups excluding carboxylic acids is 1. The lowest BCUT2D eigenvalue weighted by Crippen LogP contribution is -2.14. The molecule has 0 aliphatic heterocycles. The molecule has 0 saturated heterocycles. The Labute approximate surface area is 117 Å². The van der Waals surface area contributed by atoms with Crippen LogP contribution in [0, 0.1) is 6.92 Å². The molecular formula is C14H14N2O3S. The lowest BCUT2D eigenvalue weighted by atomic mass is 10.2. The number of hydrogen-bond acceptors (Lipinski definition) is 4. The van der Waals surface area contributed by atoms with Crippen molar-refractivity contribution in [3.8, 4) is 0 Å². The van der Waals surface area contributed by atoms with Gasteiger partial charge in [-0.25, -0.2) is 8.42 Å². The molecule has 1 heterocycles. The lowest BCUT2D eigenvalue weighted by molar-refractivity contribution is 0.101. The van der Waals surface area contributed by atoms with E-state index in [0.29, 0.717) is 11.3 Å². The van der Waals surface area contributed by atoms with Gasteiger partial charge >= 0.3 is 0 Å². The monoisotopic (exact) mass is 290 g/mol. The summed E-state index contributed by atoms with van der Waals surface area (Å²) in [6.07, 6.45) is 3.05. The minimum absolute atomic E-state index is 0.103. The molecule has 104 valence electrons. The van der Waals surface area contributed by atoms with Crippen LogP contribution in [0.3, 0.4) is 0 Å². The number of aryl methyl sites for hydroxylation is 1. The third-order valence-corrected chi connectivity index (χ3v) is 4.24. The number of benzene rings is 1. The van der Waals surface area contributed by atoms with Gasteiger partial charge in [0.05, 0.1) is 16.8 Å². The fourth-order valence-electron chi connectivity index (χ4n) is 1.64. The van der Waals surface area contributed by atoms with Crippen LogP contribution in [0.1, 0.15) is 22.8 Å². The van der Waals surface area contributed by atoms with Gasteiger partial charge < -0.3 is 0 Å². The van der Waals surface area contributed by atoms with Crippen LogP contribution >= 0.6 is 0 Å². The molecule has 0 spiro atoms. The van der Waals surface area contributed by atoms with E-state index >= 15 is 0 Å². The summed E-state index contributed by atoms with van der Waals surface area (Å²) in [6, 6.07) is 7.52. The molecule has 1 aromatic heterocycles. The zero-order chi connectivity index (χ0) is 14.8. The zero-order valence-corrected chi connectivity index (χ0v) is 11.9. The topological polar surface area (TPSA) is 76.1 Å². The molecule has 0 amide bonds. The van der Waals surface area contributed by atoms with Crippen LogP contribution in [0.5, 0.6) is 0 Å². The van der Waals surface area contributed by atoms with Crippen molar-refractivity contribution < 1.29 is 13.2 Å². The molecule has 0 radical (unpaired) electrons. The maximum atomic E-state index is 12.2. The van der Waals surface area contributed by atoms with Gasteiger partial charge in [0, 0.05) is 11.8 Å². The molecule has 0 saturated carbocycles. The highest BCUT2D eigenvalue weighted by Gasteiger charge is 2.15. The molecule has 0 aliphatic carbocycles. The van der Waals surface area contributed by atoms with Crippen molar-refractivity contribution in [3.63, 3.8) is 0 Å². The first-order valence-electron chi connectivity index (χ1n) is 5.94. The van der Waals surface area contributed by atoms with Crippen LogP contribution in [0.2, 0.25) is 0 Å². The predicted octanol–water partition coefficient (Wildman–Crippen LogP) is 2.39. The molecule has 0 fully saturated rings. The molecule has 0 atom stereocenters. The van der Waals surface area contributed by atoms with Gasteiger partial charge in [0.1, 0.15) is 0 Å². The van der Waals surface area contributed by atoms with E-state index in [1.54, 1.807) is 19.2 Å². The van der Waals surface area contributed by atoms with E-state index in [1.165, 1.54) is 37.4 Å². The Kier molecular flexibility index (Phi) is 3.85. The number of hydrogen-bond donors (Lipinski definition) is 1. The van der Waals surface area contributed by atoms with Gasteiger partial charge in [-0.2, -0.15) is 0 Å². The first-order valence-corrected chi connectivity index (χ1v) is 7.43. The van der Waals surface area contributed by atoms with Crippen molar-refractivity contribution >= 4 is 21.5 Å². The number of nitrogens with zero attached hydrogens (tertiary/aromatic N) is 1. The van der Waals surface area contributed by atoms with Crippen molar-refractivity contribution in [2.75, 3.05) is 4.72 Å². The summed E-state index contributed by atoms with van der Waals surface area (Å²) in [7, 11) is -3.68. The van der Waals surface area contributed by atoms with Crippen molar-refractivity contribution in [2.45, 2.75) is 18.7 Å². The molecule has 0 bridgehead atoms. The summed E-state index contributed by atoms with van der Waals surface area (Å²) >= 11 is 0. The second-order valence-electron chi connectivity index (χ2n) is 4.38. The van der Waals surface area contributed by atoms with Crippen molar-refractivity contribution in [2.24, 2.45) is 0 Å². The normalized spacial score (nSPS) is 11.1. The molecule has 5 nitrogen and oxygen atoms in total. The minimum atomic E-state index is -3.68. The minimum Gasteiger partial charge on any atom is -0.295 e. The first-order chi connectivity index (χ1) is 9.40. The molecular weight excluding hydrogens is 276 g/mol. The molecule has 2 aromatic rings. The molecule has 1 N–H and O–H groups in total. The Hall–Kier alpha value is -2.21. The summed E-state index contributed by atoms with van der Waals surface area (Å²) in [4.78, 5) is 15.2. The summed E-state index contributed by atoms with van der Waals surface area (Å²) in [5.41, 5.74) is 1.69. The van der Waals surface area contributed by atoms with Crippen LogP contribution in [-0.2, 0) is 10.0 Å². The molecule has 6 heteroatoms. The summed E-state index contributed by atoms with van der Waals surface area (Å²) in [5.74, 6) is -0.106. The van der Waals surface area contributed by atoms with Crippen LogP contribution in [0.4, 0.5) is 5.69 Å². The van der Waals surface area contributed by atoms with Crippen molar-refractivity contribution in [1.29, 1.82) is 0 Å². The van der Waals surface area contributed by atoms with Crippen LogP contribution in [-0.4, -0.2) is 19.2 Å². The third-order valence-electron chi connectivity index (χ3n) is 2.85. The SMILES string of the molecule is CC(=O)c1ccc(S(=O)(=O)Nc2cnccc2C)cc1. The Balaban J connectivity index is 2.31. The Morgan fingerprint density at radius 1 is 1.15 bits per heavy atom. The van der Waals surface area contributed by atoms with Crippen molar-refractivity contribution in [1.82, 2.24) is 4.98 Å². The number of Topliss-reactive ketones (excluding diaryl/α,β-unsaturated/α-hetero) is 1. The molecule has 20 heavy (non-hydrogen) atoms. The number of pyridine rings is 1. The first kappa shape index (κ1) is 14.2. The summed E-state index contributed by atoms with van der Waals surface area (Å²) in [5, 5.41) is 0. The number of carbonyl (C=O) groups is 1. The number of anilines is 1. The maximum absolute atomic E-state index is 12.2. The van der Waals surface area contributed by atoms with Crippen molar-refractivity contribution in [3.05, 3.63) is 53.9 Å². The third kappa shape index (κ3) is 3.03. The van der Waals surface area contributed by atoms with Crippen LogP contribution in [0.25, 0.3) is 0 Å². The van der Waals surface area contributed by atoms with E-state index in [4.69, 9.17) is 0 Å². The number of nitrogens with one attached hydrogen (secondary N) is 1.